The van der Waals surface area contributed by atoms with E-state index in [1.807, 2.05) is 0 Å². The lowest BCUT2D eigenvalue weighted by Crippen LogP contribution is -2.04. The lowest BCUT2D eigenvalue weighted by Gasteiger charge is -2.03. The summed E-state index contributed by atoms with van der Waals surface area (Å²) in [7, 11) is 0. The van der Waals surface area contributed by atoms with Crippen LogP contribution in [0.3, 0.4) is 0 Å². The molecule has 0 aliphatic heterocycles. The van der Waals surface area contributed by atoms with E-state index in [2.05, 4.69) is 30.6 Å². The standard InChI is InChI=1S/C24H40O3/c1-2-3-4-5-6-7-8-9-10-11-12-13-14-15-18-21-24(26)27-23-20-17-16-19-22-25/h25H,2-15,18,21-23H2,1H3. The number of aliphatic hydroxyl groups is 1. The van der Waals surface area contributed by atoms with Crippen LogP contribution in [0.5, 0.6) is 0 Å². The van der Waals surface area contributed by atoms with E-state index in [4.69, 9.17) is 9.84 Å². The van der Waals surface area contributed by atoms with Gasteiger partial charge in [0.1, 0.15) is 6.61 Å². The molecule has 0 amide bonds. The van der Waals surface area contributed by atoms with E-state index in [0.717, 1.165) is 12.8 Å². The molecule has 0 aromatic carbocycles. The lowest BCUT2D eigenvalue weighted by atomic mass is 10.0. The molecule has 0 spiro atoms. The Bertz CT molecular complexity index is 448. The van der Waals surface area contributed by atoms with E-state index in [0.29, 0.717) is 6.42 Å². The van der Waals surface area contributed by atoms with Crippen molar-refractivity contribution < 1.29 is 14.6 Å². The van der Waals surface area contributed by atoms with Crippen molar-refractivity contribution in [3.05, 3.63) is 0 Å². The van der Waals surface area contributed by atoms with Crippen molar-refractivity contribution in [2.24, 2.45) is 0 Å². The highest BCUT2D eigenvalue weighted by Gasteiger charge is 2.01. The fourth-order valence-electron chi connectivity index (χ4n) is 2.99. The highest BCUT2D eigenvalue weighted by molar-refractivity contribution is 5.69. The lowest BCUT2D eigenvalue weighted by molar-refractivity contribution is -0.142. The monoisotopic (exact) mass is 376 g/mol. The summed E-state index contributed by atoms with van der Waals surface area (Å²) in [6.07, 6.45) is 20.2. The Morgan fingerprint density at radius 1 is 0.704 bits per heavy atom. The predicted molar refractivity (Wildman–Crippen MR) is 113 cm³/mol. The van der Waals surface area contributed by atoms with Crippen molar-refractivity contribution in [3.8, 4) is 23.7 Å². The summed E-state index contributed by atoms with van der Waals surface area (Å²) in [5, 5.41) is 8.45. The number of carbonyl (C=O) groups excluding carboxylic acids is 1. The fraction of sp³-hybridized carbons (Fsp3) is 0.792. The zero-order valence-corrected chi connectivity index (χ0v) is 17.5. The topological polar surface area (TPSA) is 46.5 Å². The highest BCUT2D eigenvalue weighted by Crippen LogP contribution is 2.13. The van der Waals surface area contributed by atoms with Gasteiger partial charge in [-0.3, -0.25) is 4.79 Å². The molecule has 0 fully saturated rings. The largest absolute Gasteiger partial charge is 0.452 e. The van der Waals surface area contributed by atoms with E-state index in [1.165, 1.54) is 83.5 Å². The van der Waals surface area contributed by atoms with Crippen molar-refractivity contribution in [1.82, 2.24) is 0 Å². The molecule has 0 saturated heterocycles. The summed E-state index contributed by atoms with van der Waals surface area (Å²) < 4.78 is 5.00. The minimum absolute atomic E-state index is 0.0810. The van der Waals surface area contributed by atoms with Crippen LogP contribution < -0.4 is 0 Å². The number of aliphatic hydroxyl groups excluding tert-OH is 1. The van der Waals surface area contributed by atoms with E-state index in [-0.39, 0.29) is 19.2 Å². The van der Waals surface area contributed by atoms with E-state index in [1.54, 1.807) is 0 Å². The summed E-state index contributed by atoms with van der Waals surface area (Å²) >= 11 is 0. The maximum atomic E-state index is 11.5. The summed E-state index contributed by atoms with van der Waals surface area (Å²) in [6.45, 7) is 2.15. The minimum Gasteiger partial charge on any atom is -0.452 e. The summed E-state index contributed by atoms with van der Waals surface area (Å²) in [5.74, 6) is 9.82. The molecule has 0 aliphatic carbocycles. The van der Waals surface area contributed by atoms with Gasteiger partial charge in [-0.2, -0.15) is 0 Å². The Balaban J connectivity index is 3.21. The molecule has 154 valence electrons. The molecule has 3 heteroatoms. The first-order valence-corrected chi connectivity index (χ1v) is 11.0. The van der Waals surface area contributed by atoms with Crippen molar-refractivity contribution in [3.63, 3.8) is 0 Å². The number of unbranched alkanes of at least 4 members (excludes halogenated alkanes) is 14. The molecule has 0 atom stereocenters. The second kappa shape index (κ2) is 22.6. The summed E-state index contributed by atoms with van der Waals surface area (Å²) in [6, 6.07) is 0. The SMILES string of the molecule is CCCCCCCCCCCCCCCCCC(=O)OCC#CC#CCO. The van der Waals surface area contributed by atoms with E-state index >= 15 is 0 Å². The summed E-state index contributed by atoms with van der Waals surface area (Å²) in [5.41, 5.74) is 0. The average molecular weight is 377 g/mol. The first-order valence-electron chi connectivity index (χ1n) is 11.0. The number of esters is 1. The van der Waals surface area contributed by atoms with Crippen LogP contribution in [0.15, 0.2) is 0 Å². The van der Waals surface area contributed by atoms with Crippen LogP contribution in [0.2, 0.25) is 0 Å². The van der Waals surface area contributed by atoms with Crippen molar-refractivity contribution in [1.29, 1.82) is 0 Å². The number of hydrogen-bond donors (Lipinski definition) is 1. The Hall–Kier alpha value is -1.45. The Morgan fingerprint density at radius 3 is 1.63 bits per heavy atom. The third-order valence-corrected chi connectivity index (χ3v) is 4.61. The molecule has 0 saturated carbocycles. The number of carbonyl (C=O) groups is 1. The van der Waals surface area contributed by atoms with Crippen LogP contribution in [-0.2, 0) is 9.53 Å². The van der Waals surface area contributed by atoms with Crippen molar-refractivity contribution >= 4 is 5.97 Å². The van der Waals surface area contributed by atoms with Crippen LogP contribution in [-0.4, -0.2) is 24.3 Å². The molecular weight excluding hydrogens is 336 g/mol. The van der Waals surface area contributed by atoms with Crippen LogP contribution in [0.25, 0.3) is 0 Å². The molecule has 0 bridgehead atoms. The van der Waals surface area contributed by atoms with Gasteiger partial charge in [-0.25, -0.2) is 0 Å². The van der Waals surface area contributed by atoms with Gasteiger partial charge in [0.05, 0.1) is 0 Å². The molecular formula is C24H40O3. The maximum absolute atomic E-state index is 11.5. The molecule has 1 N–H and O–H groups in total. The zero-order valence-electron chi connectivity index (χ0n) is 17.5. The second-order valence-electron chi connectivity index (χ2n) is 7.12. The van der Waals surface area contributed by atoms with Crippen molar-refractivity contribution in [2.75, 3.05) is 13.2 Å². The van der Waals surface area contributed by atoms with Gasteiger partial charge in [-0.1, -0.05) is 103 Å². The minimum atomic E-state index is -0.201. The molecule has 0 rings (SSSR count). The van der Waals surface area contributed by atoms with Gasteiger partial charge >= 0.3 is 5.97 Å². The zero-order chi connectivity index (χ0) is 19.8. The molecule has 3 nitrogen and oxygen atoms in total. The smallest absolute Gasteiger partial charge is 0.306 e. The molecule has 27 heavy (non-hydrogen) atoms. The molecule has 0 radical (unpaired) electrons. The van der Waals surface area contributed by atoms with Gasteiger partial charge in [0.25, 0.3) is 0 Å². The number of hydrogen-bond acceptors (Lipinski definition) is 3. The van der Waals surface area contributed by atoms with Gasteiger partial charge in [0.2, 0.25) is 0 Å². The molecule has 0 aromatic rings. The average Bonchev–Trinajstić information content (AvgIpc) is 2.67. The highest BCUT2D eigenvalue weighted by atomic mass is 16.5. The first-order chi connectivity index (χ1) is 13.3. The molecule has 0 unspecified atom stereocenters. The third kappa shape index (κ3) is 22.5. The fourth-order valence-corrected chi connectivity index (χ4v) is 2.99. The van der Waals surface area contributed by atoms with Gasteiger partial charge in [0, 0.05) is 6.42 Å². The van der Waals surface area contributed by atoms with Crippen molar-refractivity contribution in [2.45, 2.75) is 110 Å². The van der Waals surface area contributed by atoms with Gasteiger partial charge in [-0.05, 0) is 24.2 Å². The third-order valence-electron chi connectivity index (χ3n) is 4.61. The van der Waals surface area contributed by atoms with E-state index < -0.39 is 0 Å². The Morgan fingerprint density at radius 2 is 1.15 bits per heavy atom. The van der Waals surface area contributed by atoms with Gasteiger partial charge in [0.15, 0.2) is 6.61 Å². The first kappa shape index (κ1) is 25.6. The Kier molecular flexibility index (Phi) is 21.4. The van der Waals surface area contributed by atoms with Crippen LogP contribution in [0.1, 0.15) is 110 Å². The normalized spacial score (nSPS) is 9.85. The second-order valence-corrected chi connectivity index (χ2v) is 7.12. The number of ether oxygens (including phenoxy) is 1. The maximum Gasteiger partial charge on any atom is 0.306 e. The molecule has 0 aliphatic rings. The molecule has 0 heterocycles. The van der Waals surface area contributed by atoms with Crippen LogP contribution in [0.4, 0.5) is 0 Å². The van der Waals surface area contributed by atoms with Crippen LogP contribution in [0, 0.1) is 23.7 Å². The quantitative estimate of drug-likeness (QED) is 0.198. The van der Waals surface area contributed by atoms with Crippen LogP contribution >= 0.6 is 0 Å². The number of rotatable bonds is 17. The van der Waals surface area contributed by atoms with Gasteiger partial charge in [-0.15, -0.1) is 0 Å². The predicted octanol–water partition coefficient (Wildman–Crippen LogP) is 5.79. The molecule has 0 aromatic heterocycles. The Labute approximate surface area is 167 Å². The summed E-state index contributed by atoms with van der Waals surface area (Å²) in [4.78, 5) is 11.5. The van der Waals surface area contributed by atoms with Gasteiger partial charge < -0.3 is 9.84 Å². The van der Waals surface area contributed by atoms with E-state index in [9.17, 15) is 4.79 Å².